The number of ether oxygens (including phenoxy) is 1. The number of aryl methyl sites for hydroxylation is 1. The molecule has 142 valence electrons. The molecule has 0 radical (unpaired) electrons. The SMILES string of the molecule is CN=C(NCc1ccccc1OC1CCC1)NC(C)c1ccc(C)o1.I. The summed E-state index contributed by atoms with van der Waals surface area (Å²) >= 11 is 0. The van der Waals surface area contributed by atoms with Gasteiger partial charge in [-0.3, -0.25) is 4.99 Å². The molecule has 1 heterocycles. The van der Waals surface area contributed by atoms with Gasteiger partial charge in [-0.15, -0.1) is 24.0 Å². The van der Waals surface area contributed by atoms with E-state index in [-0.39, 0.29) is 30.0 Å². The highest BCUT2D eigenvalue weighted by Gasteiger charge is 2.20. The summed E-state index contributed by atoms with van der Waals surface area (Å²) in [5.74, 6) is 3.51. The highest BCUT2D eigenvalue weighted by molar-refractivity contribution is 14.0. The molecule has 1 aromatic heterocycles. The van der Waals surface area contributed by atoms with Gasteiger partial charge >= 0.3 is 0 Å². The highest BCUT2D eigenvalue weighted by Crippen LogP contribution is 2.27. The molecule has 0 bridgehead atoms. The molecule has 1 fully saturated rings. The maximum atomic E-state index is 6.09. The maximum Gasteiger partial charge on any atom is 0.191 e. The second-order valence-electron chi connectivity index (χ2n) is 6.52. The van der Waals surface area contributed by atoms with Crippen LogP contribution < -0.4 is 15.4 Å². The van der Waals surface area contributed by atoms with Crippen LogP contribution in [0.4, 0.5) is 0 Å². The van der Waals surface area contributed by atoms with Gasteiger partial charge in [0.2, 0.25) is 0 Å². The van der Waals surface area contributed by atoms with Crippen molar-refractivity contribution in [3.8, 4) is 5.75 Å². The molecule has 1 aliphatic rings. The summed E-state index contributed by atoms with van der Waals surface area (Å²) in [6.45, 7) is 4.66. The summed E-state index contributed by atoms with van der Waals surface area (Å²) in [5.41, 5.74) is 1.14. The minimum atomic E-state index is 0. The third-order valence-electron chi connectivity index (χ3n) is 4.53. The zero-order chi connectivity index (χ0) is 17.6. The Hall–Kier alpha value is -1.70. The smallest absolute Gasteiger partial charge is 0.191 e. The Morgan fingerprint density at radius 3 is 2.65 bits per heavy atom. The zero-order valence-corrected chi connectivity index (χ0v) is 17.9. The van der Waals surface area contributed by atoms with Crippen molar-refractivity contribution < 1.29 is 9.15 Å². The number of para-hydroxylation sites is 1. The summed E-state index contributed by atoms with van der Waals surface area (Å²) < 4.78 is 11.8. The molecule has 6 heteroatoms. The van der Waals surface area contributed by atoms with Gasteiger partial charge in [-0.1, -0.05) is 18.2 Å². The lowest BCUT2D eigenvalue weighted by Crippen LogP contribution is -2.38. The molecule has 3 rings (SSSR count). The predicted molar refractivity (Wildman–Crippen MR) is 115 cm³/mol. The summed E-state index contributed by atoms with van der Waals surface area (Å²) in [6, 6.07) is 12.2. The first-order valence-corrected chi connectivity index (χ1v) is 8.94. The Kier molecular flexibility index (Phi) is 7.81. The van der Waals surface area contributed by atoms with Gasteiger partial charge in [-0.2, -0.15) is 0 Å². The summed E-state index contributed by atoms with van der Waals surface area (Å²) in [6.07, 6.45) is 3.96. The zero-order valence-electron chi connectivity index (χ0n) is 15.6. The van der Waals surface area contributed by atoms with Crippen LogP contribution in [-0.4, -0.2) is 19.1 Å². The third kappa shape index (κ3) is 5.40. The van der Waals surface area contributed by atoms with E-state index >= 15 is 0 Å². The number of rotatable bonds is 6. The van der Waals surface area contributed by atoms with E-state index in [4.69, 9.17) is 9.15 Å². The Balaban J connectivity index is 0.00000243. The topological polar surface area (TPSA) is 58.8 Å². The minimum absolute atomic E-state index is 0. The summed E-state index contributed by atoms with van der Waals surface area (Å²) in [5, 5.41) is 6.71. The number of furan rings is 1. The molecule has 1 unspecified atom stereocenters. The van der Waals surface area contributed by atoms with Crippen LogP contribution in [-0.2, 0) is 6.54 Å². The molecule has 1 aliphatic carbocycles. The molecule has 1 atom stereocenters. The number of halogens is 1. The number of aliphatic imine (C=N–C) groups is 1. The van der Waals surface area contributed by atoms with Crippen LogP contribution >= 0.6 is 24.0 Å². The van der Waals surface area contributed by atoms with Crippen LogP contribution in [0.5, 0.6) is 5.75 Å². The average molecular weight is 469 g/mol. The number of nitrogens with one attached hydrogen (secondary N) is 2. The quantitative estimate of drug-likeness (QED) is 0.370. The van der Waals surface area contributed by atoms with Crippen molar-refractivity contribution in [1.29, 1.82) is 0 Å². The molecule has 1 aromatic carbocycles. The predicted octanol–water partition coefficient (Wildman–Crippen LogP) is 4.56. The molecule has 0 spiro atoms. The Labute approximate surface area is 172 Å². The van der Waals surface area contributed by atoms with Gasteiger partial charge in [0.15, 0.2) is 5.96 Å². The van der Waals surface area contributed by atoms with Crippen LogP contribution in [0.3, 0.4) is 0 Å². The van der Waals surface area contributed by atoms with E-state index in [0.29, 0.717) is 12.6 Å². The maximum absolute atomic E-state index is 6.09. The van der Waals surface area contributed by atoms with Gasteiger partial charge in [0.1, 0.15) is 17.3 Å². The molecule has 26 heavy (non-hydrogen) atoms. The van der Waals surface area contributed by atoms with E-state index in [1.165, 1.54) is 6.42 Å². The van der Waals surface area contributed by atoms with Crippen molar-refractivity contribution in [2.75, 3.05) is 7.05 Å². The van der Waals surface area contributed by atoms with E-state index in [1.807, 2.05) is 37.3 Å². The number of benzene rings is 1. The largest absolute Gasteiger partial charge is 0.490 e. The van der Waals surface area contributed by atoms with E-state index in [0.717, 1.165) is 41.6 Å². The standard InChI is InChI=1S/C20H27N3O2.HI/c1-14-11-12-18(24-14)15(2)23-20(21-3)22-13-16-7-4-5-10-19(16)25-17-8-6-9-17;/h4-5,7,10-12,15,17H,6,8-9,13H2,1-3H3,(H2,21,22,23);1H. The first-order valence-electron chi connectivity index (χ1n) is 8.94. The second-order valence-corrected chi connectivity index (χ2v) is 6.52. The molecule has 0 saturated heterocycles. The number of hydrogen-bond donors (Lipinski definition) is 2. The first kappa shape index (κ1) is 20.6. The summed E-state index contributed by atoms with van der Waals surface area (Å²) in [7, 11) is 1.77. The lowest BCUT2D eigenvalue weighted by atomic mass is 9.96. The first-order chi connectivity index (χ1) is 12.2. The summed E-state index contributed by atoms with van der Waals surface area (Å²) in [4.78, 5) is 4.31. The minimum Gasteiger partial charge on any atom is -0.490 e. The Bertz CT molecular complexity index is 725. The molecule has 2 aromatic rings. The highest BCUT2D eigenvalue weighted by atomic mass is 127. The van der Waals surface area contributed by atoms with Crippen molar-refractivity contribution in [2.24, 2.45) is 4.99 Å². The van der Waals surface area contributed by atoms with Crippen molar-refractivity contribution in [2.45, 2.75) is 51.8 Å². The van der Waals surface area contributed by atoms with Crippen LogP contribution in [0.25, 0.3) is 0 Å². The van der Waals surface area contributed by atoms with Crippen LogP contribution in [0.1, 0.15) is 49.3 Å². The fraction of sp³-hybridized carbons (Fsp3) is 0.450. The van der Waals surface area contributed by atoms with Crippen molar-refractivity contribution in [3.63, 3.8) is 0 Å². The van der Waals surface area contributed by atoms with Gasteiger partial charge < -0.3 is 19.8 Å². The fourth-order valence-corrected chi connectivity index (χ4v) is 2.77. The van der Waals surface area contributed by atoms with E-state index in [1.54, 1.807) is 7.05 Å². The van der Waals surface area contributed by atoms with E-state index < -0.39 is 0 Å². The van der Waals surface area contributed by atoms with Gasteiger partial charge in [-0.25, -0.2) is 0 Å². The number of hydrogen-bond acceptors (Lipinski definition) is 3. The second kappa shape index (κ2) is 9.85. The van der Waals surface area contributed by atoms with E-state index in [2.05, 4.69) is 28.6 Å². The average Bonchev–Trinajstić information content (AvgIpc) is 3.02. The Morgan fingerprint density at radius 1 is 1.27 bits per heavy atom. The van der Waals surface area contributed by atoms with E-state index in [9.17, 15) is 0 Å². The van der Waals surface area contributed by atoms with Crippen molar-refractivity contribution in [1.82, 2.24) is 10.6 Å². The van der Waals surface area contributed by atoms with Crippen LogP contribution in [0, 0.1) is 6.92 Å². The molecule has 0 aliphatic heterocycles. The number of nitrogens with zero attached hydrogens (tertiary/aromatic N) is 1. The molecular formula is C20H28IN3O2. The van der Waals surface area contributed by atoms with Crippen LogP contribution in [0.15, 0.2) is 45.8 Å². The lowest BCUT2D eigenvalue weighted by molar-refractivity contribution is 0.119. The van der Waals surface area contributed by atoms with Crippen molar-refractivity contribution >= 4 is 29.9 Å². The normalized spacial score (nSPS) is 15.6. The van der Waals surface area contributed by atoms with Gasteiger partial charge in [-0.05, 0) is 51.3 Å². The van der Waals surface area contributed by atoms with Crippen molar-refractivity contribution in [3.05, 3.63) is 53.5 Å². The van der Waals surface area contributed by atoms with Gasteiger partial charge in [0, 0.05) is 19.2 Å². The molecule has 5 nitrogen and oxygen atoms in total. The fourth-order valence-electron chi connectivity index (χ4n) is 2.77. The lowest BCUT2D eigenvalue weighted by Gasteiger charge is -2.27. The van der Waals surface area contributed by atoms with Crippen LogP contribution in [0.2, 0.25) is 0 Å². The molecule has 2 N–H and O–H groups in total. The number of guanidine groups is 1. The molecular weight excluding hydrogens is 441 g/mol. The van der Waals surface area contributed by atoms with Gasteiger partial charge in [0.05, 0.1) is 12.1 Å². The third-order valence-corrected chi connectivity index (χ3v) is 4.53. The van der Waals surface area contributed by atoms with Gasteiger partial charge in [0.25, 0.3) is 0 Å². The monoisotopic (exact) mass is 469 g/mol. The Morgan fingerprint density at radius 2 is 2.04 bits per heavy atom. The molecule has 0 amide bonds. The molecule has 1 saturated carbocycles.